The van der Waals surface area contributed by atoms with Gasteiger partial charge >= 0.3 is 6.09 Å². The lowest BCUT2D eigenvalue weighted by Crippen LogP contribution is -2.58. The Balaban J connectivity index is 1.18. The summed E-state index contributed by atoms with van der Waals surface area (Å²) in [4.78, 5) is 33.7. The fraction of sp³-hybridized carbons (Fsp3) is 0.429. The van der Waals surface area contributed by atoms with Crippen LogP contribution in [0.4, 0.5) is 4.79 Å². The second-order valence-corrected chi connectivity index (χ2v) is 12.1. The zero-order chi connectivity index (χ0) is 30.7. The maximum atomic E-state index is 14.0. The summed E-state index contributed by atoms with van der Waals surface area (Å²) in [6, 6.07) is 25.0. The number of halogens is 1. The van der Waals surface area contributed by atoms with Crippen LogP contribution in [0.3, 0.4) is 0 Å². The third kappa shape index (κ3) is 8.97. The van der Waals surface area contributed by atoms with E-state index < -0.39 is 12.1 Å². The van der Waals surface area contributed by atoms with Crippen molar-refractivity contribution in [1.82, 2.24) is 20.0 Å². The molecule has 0 unspecified atom stereocenters. The minimum atomic E-state index is -0.617. The molecule has 0 radical (unpaired) electrons. The third-order valence-corrected chi connectivity index (χ3v) is 8.97. The van der Waals surface area contributed by atoms with Crippen molar-refractivity contribution in [2.45, 2.75) is 38.5 Å². The van der Waals surface area contributed by atoms with Crippen molar-refractivity contribution in [1.29, 1.82) is 0 Å². The zero-order valence-corrected chi connectivity index (χ0v) is 26.3. The van der Waals surface area contributed by atoms with E-state index in [1.807, 2.05) is 71.6 Å². The van der Waals surface area contributed by atoms with Crippen LogP contribution in [0, 0.1) is 5.92 Å². The molecule has 0 aliphatic carbocycles. The van der Waals surface area contributed by atoms with Gasteiger partial charge in [0.1, 0.15) is 18.4 Å². The quantitative estimate of drug-likeness (QED) is 0.317. The van der Waals surface area contributed by atoms with E-state index in [9.17, 15) is 9.59 Å². The number of nitrogens with zero attached hydrogens (tertiary/aromatic N) is 3. The molecule has 1 N–H and O–H groups in total. The smallest absolute Gasteiger partial charge is 0.408 e. The van der Waals surface area contributed by atoms with Gasteiger partial charge in [0.25, 0.3) is 0 Å². The van der Waals surface area contributed by atoms with Crippen molar-refractivity contribution in [3.63, 3.8) is 0 Å². The van der Waals surface area contributed by atoms with E-state index in [4.69, 9.17) is 21.1 Å². The van der Waals surface area contributed by atoms with Crippen LogP contribution in [0.1, 0.15) is 29.5 Å². The van der Waals surface area contributed by atoms with Gasteiger partial charge < -0.3 is 24.6 Å². The van der Waals surface area contributed by atoms with Gasteiger partial charge in [-0.25, -0.2) is 4.79 Å². The first-order chi connectivity index (χ1) is 21.5. The molecule has 5 rings (SSSR count). The van der Waals surface area contributed by atoms with Gasteiger partial charge in [-0.1, -0.05) is 72.3 Å². The molecule has 0 bridgehead atoms. The molecule has 44 heavy (non-hydrogen) atoms. The molecule has 3 aromatic rings. The predicted molar refractivity (Wildman–Crippen MR) is 173 cm³/mol. The van der Waals surface area contributed by atoms with Gasteiger partial charge in [0, 0.05) is 49.9 Å². The lowest BCUT2D eigenvalue weighted by molar-refractivity contribution is -0.137. The average molecular weight is 619 g/mol. The van der Waals surface area contributed by atoms with E-state index >= 15 is 0 Å². The van der Waals surface area contributed by atoms with Gasteiger partial charge in [0.2, 0.25) is 5.91 Å². The Labute approximate surface area is 265 Å². The minimum Gasteiger partial charge on any atom is -0.496 e. The Bertz CT molecular complexity index is 1360. The first kappa shape index (κ1) is 31.8. The van der Waals surface area contributed by atoms with Gasteiger partial charge in [-0.05, 0) is 67.6 Å². The molecular weight excluding hydrogens is 576 g/mol. The van der Waals surface area contributed by atoms with Gasteiger partial charge in [0.15, 0.2) is 0 Å². The van der Waals surface area contributed by atoms with Crippen LogP contribution in [0.5, 0.6) is 5.75 Å². The number of rotatable bonds is 11. The van der Waals surface area contributed by atoms with Crippen LogP contribution in [-0.2, 0) is 29.1 Å². The Hall–Kier alpha value is -3.59. The molecule has 2 fully saturated rings. The first-order valence-corrected chi connectivity index (χ1v) is 15.9. The summed E-state index contributed by atoms with van der Waals surface area (Å²) in [5, 5.41) is 3.74. The fourth-order valence-electron chi connectivity index (χ4n) is 6.16. The largest absolute Gasteiger partial charge is 0.496 e. The number of alkyl carbamates (subject to hydrolysis) is 1. The maximum absolute atomic E-state index is 14.0. The van der Waals surface area contributed by atoms with Gasteiger partial charge in [-0.15, -0.1) is 0 Å². The molecule has 8 nitrogen and oxygen atoms in total. The number of amides is 2. The summed E-state index contributed by atoms with van der Waals surface area (Å²) in [6.07, 6.45) is 2.04. The van der Waals surface area contributed by atoms with Crippen LogP contribution in [0.15, 0.2) is 78.9 Å². The number of hydrogen-bond donors (Lipinski definition) is 1. The Morgan fingerprint density at radius 1 is 0.864 bits per heavy atom. The van der Waals surface area contributed by atoms with Crippen LogP contribution >= 0.6 is 11.6 Å². The third-order valence-electron chi connectivity index (χ3n) is 8.73. The monoisotopic (exact) mass is 618 g/mol. The number of piperidine rings is 1. The molecule has 234 valence electrons. The molecule has 0 aromatic heterocycles. The van der Waals surface area contributed by atoms with Gasteiger partial charge in [-0.2, -0.15) is 0 Å². The predicted octanol–water partition coefficient (Wildman–Crippen LogP) is 5.24. The highest BCUT2D eigenvalue weighted by atomic mass is 35.5. The number of likely N-dealkylation sites (tertiary alicyclic amines) is 1. The number of benzene rings is 3. The fourth-order valence-corrected chi connectivity index (χ4v) is 6.37. The standard InChI is InChI=1S/C35H43ClN4O4/c1-43-32-13-6-5-11-30(32)25-39-20-22-40(23-21-39)34(41)33(37-35(42)44-26-28-8-3-2-4-9-28)29-15-18-38(19-16-29)17-14-27-10-7-12-31(36)24-27/h2-13,24,29,33H,14-23,25-26H2,1H3,(H,37,42)/t33-/m1/s1. The highest BCUT2D eigenvalue weighted by molar-refractivity contribution is 6.30. The van der Waals surface area contributed by atoms with Crippen LogP contribution in [0.2, 0.25) is 5.02 Å². The number of piperazine rings is 1. The SMILES string of the molecule is COc1ccccc1CN1CCN(C(=O)[C@H](NC(=O)OCc2ccccc2)C2CCN(CCc3cccc(Cl)c3)CC2)CC1. The van der Waals surface area contributed by atoms with Crippen molar-refractivity contribution in [2.75, 3.05) is 52.9 Å². The Kier molecular flexibility index (Phi) is 11.5. The summed E-state index contributed by atoms with van der Waals surface area (Å²) >= 11 is 6.17. The number of carbonyl (C=O) groups is 2. The highest BCUT2D eigenvalue weighted by Gasteiger charge is 2.36. The zero-order valence-electron chi connectivity index (χ0n) is 25.5. The van der Waals surface area contributed by atoms with Crippen LogP contribution in [0.25, 0.3) is 0 Å². The van der Waals surface area contributed by atoms with E-state index in [0.717, 1.165) is 80.4 Å². The summed E-state index contributed by atoms with van der Waals surface area (Å²) < 4.78 is 11.1. The highest BCUT2D eigenvalue weighted by Crippen LogP contribution is 2.25. The van der Waals surface area contributed by atoms with E-state index in [-0.39, 0.29) is 18.4 Å². The topological polar surface area (TPSA) is 74.3 Å². The van der Waals surface area contributed by atoms with Crippen molar-refractivity contribution in [2.24, 2.45) is 5.92 Å². The molecule has 2 aliphatic heterocycles. The molecule has 2 heterocycles. The lowest BCUT2D eigenvalue weighted by atomic mass is 9.88. The summed E-state index contributed by atoms with van der Waals surface area (Å²) in [5.74, 6) is 0.903. The molecule has 2 amide bonds. The van der Waals surface area contributed by atoms with Crippen LogP contribution < -0.4 is 10.1 Å². The second-order valence-electron chi connectivity index (χ2n) is 11.7. The normalized spacial score (nSPS) is 17.2. The lowest BCUT2D eigenvalue weighted by Gasteiger charge is -2.40. The summed E-state index contributed by atoms with van der Waals surface area (Å²) in [7, 11) is 1.69. The maximum Gasteiger partial charge on any atom is 0.408 e. The summed E-state index contributed by atoms with van der Waals surface area (Å²) in [5.41, 5.74) is 3.27. The minimum absolute atomic E-state index is 0.0176. The molecule has 0 saturated carbocycles. The van der Waals surface area contributed by atoms with Crippen molar-refractivity contribution in [3.05, 3.63) is 101 Å². The number of methoxy groups -OCH3 is 1. The number of ether oxygens (including phenoxy) is 2. The van der Waals surface area contributed by atoms with Crippen molar-refractivity contribution in [3.8, 4) is 5.75 Å². The Morgan fingerprint density at radius 2 is 1.57 bits per heavy atom. The Morgan fingerprint density at radius 3 is 2.30 bits per heavy atom. The number of carbonyl (C=O) groups excluding carboxylic acids is 2. The summed E-state index contributed by atoms with van der Waals surface area (Å²) in [6.45, 7) is 6.38. The number of para-hydroxylation sites is 1. The molecule has 9 heteroatoms. The van der Waals surface area contributed by atoms with Crippen molar-refractivity contribution >= 4 is 23.6 Å². The van der Waals surface area contributed by atoms with Crippen molar-refractivity contribution < 1.29 is 19.1 Å². The van der Waals surface area contributed by atoms with E-state index in [2.05, 4.69) is 27.2 Å². The van der Waals surface area contributed by atoms with E-state index in [1.54, 1.807) is 7.11 Å². The molecule has 2 aliphatic rings. The van der Waals surface area contributed by atoms with Gasteiger partial charge in [-0.3, -0.25) is 9.69 Å². The molecule has 2 saturated heterocycles. The van der Waals surface area contributed by atoms with E-state index in [1.165, 1.54) is 5.56 Å². The van der Waals surface area contributed by atoms with E-state index in [0.29, 0.717) is 13.1 Å². The second kappa shape index (κ2) is 15.9. The van der Waals surface area contributed by atoms with Gasteiger partial charge in [0.05, 0.1) is 7.11 Å². The van der Waals surface area contributed by atoms with Crippen LogP contribution in [-0.4, -0.2) is 85.7 Å². The molecule has 0 spiro atoms. The molecule has 1 atom stereocenters. The number of hydrogen-bond acceptors (Lipinski definition) is 6. The first-order valence-electron chi connectivity index (χ1n) is 15.6. The molecule has 3 aromatic carbocycles. The number of nitrogens with one attached hydrogen (secondary N) is 1. The molecular formula is C35H43ClN4O4. The average Bonchev–Trinajstić information content (AvgIpc) is 3.06.